The molecule has 0 atom stereocenters. The molecule has 0 aliphatic heterocycles. The van der Waals surface area contributed by atoms with Gasteiger partial charge >= 0.3 is 0 Å². The number of rotatable bonds is 4. The lowest BCUT2D eigenvalue weighted by Crippen LogP contribution is -2.45. The summed E-state index contributed by atoms with van der Waals surface area (Å²) in [5.74, 6) is 1.60. The number of hydrogen-bond donors (Lipinski definition) is 2. The minimum atomic E-state index is -0.263. The predicted octanol–water partition coefficient (Wildman–Crippen LogP) is 2.08. The van der Waals surface area contributed by atoms with Crippen molar-refractivity contribution in [3.63, 3.8) is 0 Å². The number of hydrogen-bond acceptors (Lipinski definition) is 4. The van der Waals surface area contributed by atoms with Crippen molar-refractivity contribution >= 4 is 0 Å². The molecule has 1 heterocycles. The van der Waals surface area contributed by atoms with Gasteiger partial charge in [0.1, 0.15) is 12.4 Å². The first-order chi connectivity index (χ1) is 9.65. The molecule has 3 rings (SSSR count). The molecule has 3 N–H and O–H groups in total. The van der Waals surface area contributed by atoms with Crippen LogP contribution in [-0.2, 0) is 0 Å². The molecule has 2 aliphatic rings. The van der Waals surface area contributed by atoms with E-state index in [4.69, 9.17) is 10.5 Å². The van der Waals surface area contributed by atoms with Crippen LogP contribution < -0.4 is 16.0 Å². The molecule has 0 amide bonds. The summed E-state index contributed by atoms with van der Waals surface area (Å²) in [4.78, 5) is 18.8. The molecule has 5 nitrogen and oxygen atoms in total. The van der Waals surface area contributed by atoms with Crippen LogP contribution in [-0.4, -0.2) is 22.1 Å². The van der Waals surface area contributed by atoms with E-state index in [0.29, 0.717) is 18.4 Å². The first-order valence-corrected chi connectivity index (χ1v) is 7.68. The van der Waals surface area contributed by atoms with Crippen molar-refractivity contribution in [3.05, 3.63) is 22.2 Å². The maximum atomic E-state index is 11.6. The van der Waals surface area contributed by atoms with Crippen LogP contribution in [0, 0.1) is 0 Å². The first-order valence-electron chi connectivity index (χ1n) is 7.68. The van der Waals surface area contributed by atoms with E-state index >= 15 is 0 Å². The Hall–Kier alpha value is -1.36. The van der Waals surface area contributed by atoms with Crippen molar-refractivity contribution < 1.29 is 4.74 Å². The summed E-state index contributed by atoms with van der Waals surface area (Å²) in [5, 5.41) is 0. The minimum absolute atomic E-state index is 0.135. The molecule has 0 spiro atoms. The van der Waals surface area contributed by atoms with Crippen LogP contribution in [0.3, 0.4) is 0 Å². The summed E-state index contributed by atoms with van der Waals surface area (Å²) >= 11 is 0. The van der Waals surface area contributed by atoms with Crippen LogP contribution in [0.2, 0.25) is 0 Å². The summed E-state index contributed by atoms with van der Waals surface area (Å²) < 4.78 is 5.75. The van der Waals surface area contributed by atoms with E-state index in [1.165, 1.54) is 18.9 Å². The number of ether oxygens (including phenoxy) is 1. The first kappa shape index (κ1) is 13.6. The van der Waals surface area contributed by atoms with Crippen LogP contribution in [0.1, 0.15) is 63.1 Å². The van der Waals surface area contributed by atoms with E-state index < -0.39 is 0 Å². The summed E-state index contributed by atoms with van der Waals surface area (Å²) in [6.45, 7) is 0.452. The molecular formula is C15H23N3O2. The van der Waals surface area contributed by atoms with E-state index in [2.05, 4.69) is 9.97 Å². The van der Waals surface area contributed by atoms with Crippen molar-refractivity contribution in [1.82, 2.24) is 9.97 Å². The van der Waals surface area contributed by atoms with Gasteiger partial charge in [-0.25, -0.2) is 0 Å². The van der Waals surface area contributed by atoms with Crippen LogP contribution in [0.25, 0.3) is 0 Å². The zero-order valence-electron chi connectivity index (χ0n) is 11.9. The monoisotopic (exact) mass is 277 g/mol. The fourth-order valence-corrected chi connectivity index (χ4v) is 2.87. The highest BCUT2D eigenvalue weighted by molar-refractivity contribution is 5.14. The van der Waals surface area contributed by atoms with E-state index in [1.807, 2.05) is 0 Å². The second-order valence-corrected chi connectivity index (χ2v) is 6.31. The van der Waals surface area contributed by atoms with Crippen LogP contribution in [0.15, 0.2) is 10.9 Å². The maximum Gasteiger partial charge on any atom is 0.254 e. The average molecular weight is 277 g/mol. The minimum Gasteiger partial charge on any atom is -0.476 e. The van der Waals surface area contributed by atoms with Gasteiger partial charge in [-0.3, -0.25) is 4.79 Å². The quantitative estimate of drug-likeness (QED) is 0.826. The third-order valence-electron chi connectivity index (χ3n) is 4.31. The lowest BCUT2D eigenvalue weighted by atomic mass is 9.93. The highest BCUT2D eigenvalue weighted by atomic mass is 16.5. The summed E-state index contributed by atoms with van der Waals surface area (Å²) in [5.41, 5.74) is 6.02. The summed E-state index contributed by atoms with van der Waals surface area (Å²) in [6, 6.07) is 1.42. The maximum absolute atomic E-state index is 11.6. The van der Waals surface area contributed by atoms with Crippen molar-refractivity contribution in [2.75, 3.05) is 6.61 Å². The molecule has 1 aromatic rings. The highest BCUT2D eigenvalue weighted by Crippen LogP contribution is 2.37. The SMILES string of the molecule is NC1(COc2cc(=O)[nH]c(C3CC3)n2)CCCCCC1. The van der Waals surface area contributed by atoms with Crippen molar-refractivity contribution in [1.29, 1.82) is 0 Å². The zero-order chi connectivity index (χ0) is 14.0. The van der Waals surface area contributed by atoms with E-state index in [-0.39, 0.29) is 11.1 Å². The summed E-state index contributed by atoms with van der Waals surface area (Å²) in [6.07, 6.45) is 9.03. The van der Waals surface area contributed by atoms with Gasteiger partial charge in [0.05, 0.1) is 11.6 Å². The van der Waals surface area contributed by atoms with Crippen LogP contribution >= 0.6 is 0 Å². The van der Waals surface area contributed by atoms with Crippen molar-refractivity contribution in [3.8, 4) is 5.88 Å². The topological polar surface area (TPSA) is 81.0 Å². The molecule has 1 aromatic heterocycles. The lowest BCUT2D eigenvalue weighted by Gasteiger charge is -2.27. The molecule has 0 bridgehead atoms. The number of nitrogens with one attached hydrogen (secondary N) is 1. The third-order valence-corrected chi connectivity index (χ3v) is 4.31. The molecular weight excluding hydrogens is 254 g/mol. The number of aromatic amines is 1. The Kier molecular flexibility index (Phi) is 3.78. The molecule has 0 radical (unpaired) electrons. The van der Waals surface area contributed by atoms with Gasteiger partial charge in [0, 0.05) is 5.92 Å². The standard InChI is InChI=1S/C15H23N3O2/c16-15(7-3-1-2-4-8-15)10-20-13-9-12(19)17-14(18-13)11-5-6-11/h9,11H,1-8,10,16H2,(H,17,18,19). The number of aromatic nitrogens is 2. The molecule has 2 fully saturated rings. The normalized spacial score (nSPS) is 22.2. The molecule has 0 saturated heterocycles. The van der Waals surface area contributed by atoms with Crippen molar-refractivity contribution in [2.24, 2.45) is 5.73 Å². The second kappa shape index (κ2) is 5.56. The van der Waals surface area contributed by atoms with Gasteiger partial charge in [-0.2, -0.15) is 4.98 Å². The van der Waals surface area contributed by atoms with Gasteiger partial charge in [-0.05, 0) is 25.7 Å². The average Bonchev–Trinajstić information content (AvgIpc) is 3.24. The van der Waals surface area contributed by atoms with Crippen LogP contribution in [0.4, 0.5) is 0 Å². The largest absolute Gasteiger partial charge is 0.476 e. The van der Waals surface area contributed by atoms with Gasteiger partial charge in [-0.15, -0.1) is 0 Å². The third kappa shape index (κ3) is 3.39. The van der Waals surface area contributed by atoms with Gasteiger partial charge in [0.15, 0.2) is 0 Å². The predicted molar refractivity (Wildman–Crippen MR) is 76.9 cm³/mol. The van der Waals surface area contributed by atoms with Gasteiger partial charge in [-0.1, -0.05) is 25.7 Å². The Labute approximate surface area is 118 Å². The Bertz CT molecular complexity index is 514. The van der Waals surface area contributed by atoms with E-state index in [9.17, 15) is 4.79 Å². The Balaban J connectivity index is 1.66. The highest BCUT2D eigenvalue weighted by Gasteiger charge is 2.29. The number of H-pyrrole nitrogens is 1. The smallest absolute Gasteiger partial charge is 0.254 e. The van der Waals surface area contributed by atoms with Gasteiger partial charge in [0.2, 0.25) is 5.88 Å². The number of nitrogens with zero attached hydrogens (tertiary/aromatic N) is 1. The molecule has 110 valence electrons. The van der Waals surface area contributed by atoms with E-state index in [0.717, 1.165) is 44.3 Å². The Morgan fingerprint density at radius 2 is 2.00 bits per heavy atom. The number of nitrogens with two attached hydrogens (primary N) is 1. The van der Waals surface area contributed by atoms with Crippen LogP contribution in [0.5, 0.6) is 5.88 Å². The fraction of sp³-hybridized carbons (Fsp3) is 0.733. The molecule has 20 heavy (non-hydrogen) atoms. The molecule has 2 aliphatic carbocycles. The van der Waals surface area contributed by atoms with Gasteiger partial charge < -0.3 is 15.5 Å². The summed E-state index contributed by atoms with van der Waals surface area (Å²) in [7, 11) is 0. The Morgan fingerprint density at radius 1 is 1.30 bits per heavy atom. The lowest BCUT2D eigenvalue weighted by molar-refractivity contribution is 0.192. The second-order valence-electron chi connectivity index (χ2n) is 6.31. The zero-order valence-corrected chi connectivity index (χ0v) is 11.9. The molecule has 2 saturated carbocycles. The van der Waals surface area contributed by atoms with Gasteiger partial charge in [0.25, 0.3) is 5.56 Å². The fourth-order valence-electron chi connectivity index (χ4n) is 2.87. The molecule has 0 unspecified atom stereocenters. The molecule has 5 heteroatoms. The molecule has 0 aromatic carbocycles. The Morgan fingerprint density at radius 3 is 2.65 bits per heavy atom. The van der Waals surface area contributed by atoms with E-state index in [1.54, 1.807) is 0 Å². The van der Waals surface area contributed by atoms with Crippen molar-refractivity contribution in [2.45, 2.75) is 62.8 Å².